The molecule has 2 aromatic carbocycles. The van der Waals surface area contributed by atoms with Crippen molar-refractivity contribution in [3.05, 3.63) is 59.7 Å². The van der Waals surface area contributed by atoms with E-state index in [1.54, 1.807) is 0 Å². The van der Waals surface area contributed by atoms with Crippen molar-refractivity contribution in [3.63, 3.8) is 0 Å². The Morgan fingerprint density at radius 1 is 0.824 bits per heavy atom. The summed E-state index contributed by atoms with van der Waals surface area (Å²) in [5.74, 6) is 0.160. The Balaban J connectivity index is 2.39. The first-order chi connectivity index (χ1) is 8.15. The molecular weight excluding hydrogens is 208 g/mol. The third-order valence-corrected chi connectivity index (χ3v) is 3.80. The highest BCUT2D eigenvalue weighted by Gasteiger charge is 2.43. The van der Waals surface area contributed by atoms with Gasteiger partial charge < -0.3 is 5.11 Å². The van der Waals surface area contributed by atoms with E-state index in [-0.39, 0.29) is 5.92 Å². The van der Waals surface area contributed by atoms with Crippen LogP contribution >= 0.6 is 0 Å². The fourth-order valence-electron chi connectivity index (χ4n) is 2.87. The van der Waals surface area contributed by atoms with Gasteiger partial charge in [0.05, 0.1) is 0 Å². The summed E-state index contributed by atoms with van der Waals surface area (Å²) in [7, 11) is 0. The van der Waals surface area contributed by atoms with E-state index in [4.69, 9.17) is 0 Å². The molecule has 17 heavy (non-hydrogen) atoms. The van der Waals surface area contributed by atoms with Gasteiger partial charge in [-0.15, -0.1) is 0 Å². The molecule has 0 atom stereocenters. The molecule has 0 aromatic heterocycles. The number of benzene rings is 2. The van der Waals surface area contributed by atoms with Crippen molar-refractivity contribution in [3.8, 4) is 11.1 Å². The number of aliphatic hydroxyl groups is 1. The second-order valence-corrected chi connectivity index (χ2v) is 5.01. The highest BCUT2D eigenvalue weighted by atomic mass is 16.3. The van der Waals surface area contributed by atoms with Crippen molar-refractivity contribution in [1.29, 1.82) is 0 Å². The lowest BCUT2D eigenvalue weighted by molar-refractivity contribution is 0.0363. The van der Waals surface area contributed by atoms with Gasteiger partial charge in [-0.1, -0.05) is 62.4 Å². The predicted molar refractivity (Wildman–Crippen MR) is 69.7 cm³/mol. The normalized spacial score (nSPS) is 15.8. The second-order valence-electron chi connectivity index (χ2n) is 5.01. The molecule has 0 saturated carbocycles. The largest absolute Gasteiger partial charge is 0.380 e. The second kappa shape index (κ2) is 3.44. The summed E-state index contributed by atoms with van der Waals surface area (Å²) < 4.78 is 0. The van der Waals surface area contributed by atoms with Crippen molar-refractivity contribution >= 4 is 0 Å². The topological polar surface area (TPSA) is 20.2 Å². The maximum Gasteiger partial charge on any atom is 0.118 e. The highest BCUT2D eigenvalue weighted by molar-refractivity contribution is 5.80. The number of hydrogen-bond donors (Lipinski definition) is 1. The van der Waals surface area contributed by atoms with Gasteiger partial charge in [0.15, 0.2) is 0 Å². The third kappa shape index (κ3) is 1.23. The van der Waals surface area contributed by atoms with E-state index in [0.717, 1.165) is 11.1 Å². The summed E-state index contributed by atoms with van der Waals surface area (Å²) in [5.41, 5.74) is 3.57. The molecule has 0 bridgehead atoms. The molecule has 1 N–H and O–H groups in total. The molecule has 3 rings (SSSR count). The van der Waals surface area contributed by atoms with E-state index in [0.29, 0.717) is 0 Å². The van der Waals surface area contributed by atoms with E-state index in [2.05, 4.69) is 26.0 Å². The molecule has 0 spiro atoms. The lowest BCUT2D eigenvalue weighted by Gasteiger charge is -2.30. The Morgan fingerprint density at radius 3 is 1.65 bits per heavy atom. The van der Waals surface area contributed by atoms with Gasteiger partial charge in [0, 0.05) is 0 Å². The van der Waals surface area contributed by atoms with Gasteiger partial charge in [-0.05, 0) is 28.2 Å². The van der Waals surface area contributed by atoms with Gasteiger partial charge in [-0.3, -0.25) is 0 Å². The molecule has 0 aliphatic heterocycles. The fourth-order valence-corrected chi connectivity index (χ4v) is 2.87. The van der Waals surface area contributed by atoms with Crippen LogP contribution in [0.4, 0.5) is 0 Å². The van der Waals surface area contributed by atoms with Crippen LogP contribution in [0.15, 0.2) is 48.5 Å². The lowest BCUT2D eigenvalue weighted by atomic mass is 9.81. The maximum absolute atomic E-state index is 11.1. The van der Waals surface area contributed by atoms with Crippen LogP contribution < -0.4 is 0 Å². The van der Waals surface area contributed by atoms with Crippen molar-refractivity contribution in [2.45, 2.75) is 19.4 Å². The molecule has 1 heteroatoms. The number of rotatable bonds is 1. The van der Waals surface area contributed by atoms with E-state index >= 15 is 0 Å². The number of fused-ring (bicyclic) bond motifs is 3. The SMILES string of the molecule is CC(C)C1(O)c2ccccc2-c2ccccc21. The zero-order valence-corrected chi connectivity index (χ0v) is 10.1. The Kier molecular flexibility index (Phi) is 2.14. The molecule has 2 aromatic rings. The first kappa shape index (κ1) is 10.5. The van der Waals surface area contributed by atoms with Crippen LogP contribution in [-0.2, 0) is 5.60 Å². The minimum Gasteiger partial charge on any atom is -0.380 e. The molecule has 0 saturated heterocycles. The molecule has 0 amide bonds. The van der Waals surface area contributed by atoms with Gasteiger partial charge in [0.25, 0.3) is 0 Å². The van der Waals surface area contributed by atoms with Crippen LogP contribution in [0.3, 0.4) is 0 Å². The summed E-state index contributed by atoms with van der Waals surface area (Å²) in [4.78, 5) is 0. The van der Waals surface area contributed by atoms with Crippen LogP contribution in [0.25, 0.3) is 11.1 Å². The third-order valence-electron chi connectivity index (χ3n) is 3.80. The lowest BCUT2D eigenvalue weighted by Crippen LogP contribution is -2.30. The Morgan fingerprint density at radius 2 is 1.24 bits per heavy atom. The zero-order chi connectivity index (χ0) is 12.0. The van der Waals surface area contributed by atoms with Gasteiger partial charge in [-0.25, -0.2) is 0 Å². The first-order valence-electron chi connectivity index (χ1n) is 6.07. The molecule has 0 radical (unpaired) electrons. The average Bonchev–Trinajstić information content (AvgIpc) is 2.63. The van der Waals surface area contributed by atoms with E-state index in [9.17, 15) is 5.11 Å². The maximum atomic E-state index is 11.1. The zero-order valence-electron chi connectivity index (χ0n) is 10.1. The van der Waals surface area contributed by atoms with Crippen molar-refractivity contribution in [1.82, 2.24) is 0 Å². The number of hydrogen-bond acceptors (Lipinski definition) is 1. The monoisotopic (exact) mass is 224 g/mol. The summed E-state index contributed by atoms with van der Waals surface area (Å²) in [5, 5.41) is 11.1. The fraction of sp³-hybridized carbons (Fsp3) is 0.250. The van der Waals surface area contributed by atoms with Crippen molar-refractivity contribution < 1.29 is 5.11 Å². The summed E-state index contributed by atoms with van der Waals surface area (Å²) >= 11 is 0. The summed E-state index contributed by atoms with van der Waals surface area (Å²) in [6, 6.07) is 16.3. The quantitative estimate of drug-likeness (QED) is 0.785. The summed E-state index contributed by atoms with van der Waals surface area (Å²) in [6.07, 6.45) is 0. The van der Waals surface area contributed by atoms with Crippen LogP contribution in [0.2, 0.25) is 0 Å². The first-order valence-corrected chi connectivity index (χ1v) is 6.07. The van der Waals surface area contributed by atoms with E-state index in [1.807, 2.05) is 36.4 Å². The molecule has 0 fully saturated rings. The van der Waals surface area contributed by atoms with Crippen molar-refractivity contribution in [2.24, 2.45) is 5.92 Å². The molecule has 1 aliphatic rings. The Labute approximate surface area is 102 Å². The standard InChI is InChI=1S/C16H16O/c1-11(2)16(17)14-9-5-3-7-12(14)13-8-4-6-10-15(13)16/h3-11,17H,1-2H3. The van der Waals surface area contributed by atoms with Gasteiger partial charge >= 0.3 is 0 Å². The highest BCUT2D eigenvalue weighted by Crippen LogP contribution is 2.50. The smallest absolute Gasteiger partial charge is 0.118 e. The average molecular weight is 224 g/mol. The molecular formula is C16H16O. The molecule has 0 heterocycles. The molecule has 1 nitrogen and oxygen atoms in total. The van der Waals surface area contributed by atoms with E-state index < -0.39 is 5.60 Å². The molecule has 86 valence electrons. The predicted octanol–water partition coefficient (Wildman–Crippen LogP) is 3.56. The molecule has 1 aliphatic carbocycles. The van der Waals surface area contributed by atoms with Gasteiger partial charge in [-0.2, -0.15) is 0 Å². The Hall–Kier alpha value is -1.60. The van der Waals surface area contributed by atoms with Gasteiger partial charge in [0.2, 0.25) is 0 Å². The minimum atomic E-state index is -0.840. The minimum absolute atomic E-state index is 0.160. The summed E-state index contributed by atoms with van der Waals surface area (Å²) in [6.45, 7) is 4.14. The van der Waals surface area contributed by atoms with Crippen LogP contribution in [0, 0.1) is 5.92 Å². The Bertz CT molecular complexity index is 524. The van der Waals surface area contributed by atoms with Crippen LogP contribution in [-0.4, -0.2) is 5.11 Å². The van der Waals surface area contributed by atoms with Gasteiger partial charge in [0.1, 0.15) is 5.60 Å². The molecule has 0 unspecified atom stereocenters. The van der Waals surface area contributed by atoms with Crippen LogP contribution in [0.1, 0.15) is 25.0 Å². The van der Waals surface area contributed by atoms with Crippen LogP contribution in [0.5, 0.6) is 0 Å². The van der Waals surface area contributed by atoms with E-state index in [1.165, 1.54) is 11.1 Å². The van der Waals surface area contributed by atoms with Crippen molar-refractivity contribution in [2.75, 3.05) is 0 Å².